The molecular weight excluding hydrogens is 446 g/mol. The molecule has 1 saturated heterocycles. The van der Waals surface area contributed by atoms with Crippen LogP contribution in [0.4, 0.5) is 13.6 Å². The average molecular weight is 472 g/mol. The van der Waals surface area contributed by atoms with E-state index in [1.54, 1.807) is 15.5 Å². The van der Waals surface area contributed by atoms with E-state index in [2.05, 4.69) is 10.3 Å². The van der Waals surface area contributed by atoms with Gasteiger partial charge in [0.2, 0.25) is 0 Å². The van der Waals surface area contributed by atoms with Gasteiger partial charge < -0.3 is 24.1 Å². The fourth-order valence-corrected chi connectivity index (χ4v) is 4.20. The van der Waals surface area contributed by atoms with Gasteiger partial charge in [-0.1, -0.05) is 0 Å². The molecule has 1 fully saturated rings. The van der Waals surface area contributed by atoms with Crippen LogP contribution in [0.5, 0.6) is 0 Å². The van der Waals surface area contributed by atoms with E-state index in [0.717, 1.165) is 17.7 Å². The minimum Gasteiger partial charge on any atom is -0.453 e. The van der Waals surface area contributed by atoms with Crippen LogP contribution in [0.3, 0.4) is 0 Å². The second-order valence-corrected chi connectivity index (χ2v) is 8.20. The molecule has 1 aliphatic heterocycles. The molecule has 34 heavy (non-hydrogen) atoms. The zero-order valence-corrected chi connectivity index (χ0v) is 19.2. The molecular formula is C24H26F2N4O4. The molecule has 0 radical (unpaired) electrons. The monoisotopic (exact) mass is 472 g/mol. The fraction of sp³-hybridized carbons (Fsp3) is 0.375. The highest BCUT2D eigenvalue weighted by Gasteiger charge is 2.28. The lowest BCUT2D eigenvalue weighted by atomic mass is 10.0. The van der Waals surface area contributed by atoms with Crippen molar-refractivity contribution in [1.82, 2.24) is 19.6 Å². The smallest absolute Gasteiger partial charge is 0.409 e. The quantitative estimate of drug-likeness (QED) is 0.630. The molecule has 2 aromatic heterocycles. The van der Waals surface area contributed by atoms with Gasteiger partial charge in [-0.2, -0.15) is 0 Å². The lowest BCUT2D eigenvalue weighted by Gasteiger charge is -2.23. The van der Waals surface area contributed by atoms with Crippen molar-refractivity contribution in [2.45, 2.75) is 25.9 Å². The first kappa shape index (κ1) is 23.6. The fourth-order valence-electron chi connectivity index (χ4n) is 4.20. The number of imidazole rings is 1. The largest absolute Gasteiger partial charge is 0.453 e. The molecule has 1 N–H and O–H groups in total. The number of halogens is 2. The second kappa shape index (κ2) is 9.76. The third-order valence-electron chi connectivity index (χ3n) is 5.85. The lowest BCUT2D eigenvalue weighted by Crippen LogP contribution is -2.37. The minimum atomic E-state index is -0.891. The second-order valence-electron chi connectivity index (χ2n) is 8.20. The van der Waals surface area contributed by atoms with E-state index in [1.165, 1.54) is 14.2 Å². The molecule has 180 valence electrons. The molecule has 1 unspecified atom stereocenters. The maximum atomic E-state index is 15.2. The van der Waals surface area contributed by atoms with E-state index in [0.29, 0.717) is 30.9 Å². The van der Waals surface area contributed by atoms with Gasteiger partial charge in [-0.3, -0.25) is 4.79 Å². The van der Waals surface area contributed by atoms with E-state index in [4.69, 9.17) is 9.47 Å². The van der Waals surface area contributed by atoms with Crippen molar-refractivity contribution in [2.75, 3.05) is 33.9 Å². The van der Waals surface area contributed by atoms with Crippen LogP contribution in [0.2, 0.25) is 0 Å². The summed E-state index contributed by atoms with van der Waals surface area (Å²) >= 11 is 0. The Morgan fingerprint density at radius 3 is 2.68 bits per heavy atom. The molecule has 1 aromatic carbocycles. The summed E-state index contributed by atoms with van der Waals surface area (Å²) in [7, 11) is 2.71. The zero-order chi connectivity index (χ0) is 24.4. The zero-order valence-electron chi connectivity index (χ0n) is 19.2. The Morgan fingerprint density at radius 1 is 1.26 bits per heavy atom. The Bertz CT molecular complexity index is 1220. The topological polar surface area (TPSA) is 85.2 Å². The summed E-state index contributed by atoms with van der Waals surface area (Å²) in [5.74, 6) is -2.37. The molecule has 4 rings (SSSR count). The van der Waals surface area contributed by atoms with Gasteiger partial charge >= 0.3 is 6.09 Å². The molecule has 0 spiro atoms. The molecule has 1 aliphatic rings. The molecule has 0 saturated carbocycles. The Balaban J connectivity index is 1.80. The standard InChI is InChI=1S/C24H26F2N4O4/c1-14-5-7-30-19(12-16-13-29(24(32)33-3)6-4-8-34-16)22(28-20(30)9-14)21-17(25)10-15(11-18(21)26)23(31)27-2/h5,7,9-11,16H,4,6,8,12-13H2,1-3H3,(H,27,31). The van der Waals surface area contributed by atoms with Crippen LogP contribution in [0.25, 0.3) is 16.9 Å². The first-order chi connectivity index (χ1) is 16.3. The normalized spacial score (nSPS) is 16.4. The van der Waals surface area contributed by atoms with Gasteiger partial charge in [-0.05, 0) is 43.2 Å². The summed E-state index contributed by atoms with van der Waals surface area (Å²) < 4.78 is 42.9. The number of nitrogens with one attached hydrogen (secondary N) is 1. The average Bonchev–Trinajstić information content (AvgIpc) is 2.98. The highest BCUT2D eigenvalue weighted by atomic mass is 19.1. The summed E-state index contributed by atoms with van der Waals surface area (Å²) in [6, 6.07) is 5.68. The van der Waals surface area contributed by atoms with Crippen LogP contribution >= 0.6 is 0 Å². The van der Waals surface area contributed by atoms with Crippen LogP contribution in [0.1, 0.15) is 28.0 Å². The Kier molecular flexibility index (Phi) is 6.78. The summed E-state index contributed by atoms with van der Waals surface area (Å²) in [5, 5.41) is 2.36. The SMILES string of the molecule is CNC(=O)c1cc(F)c(-c2nc3cc(C)ccn3c2CC2CN(C(=O)OC)CCCO2)c(F)c1. The minimum absolute atomic E-state index is 0.122. The van der Waals surface area contributed by atoms with Crippen LogP contribution in [0, 0.1) is 18.6 Å². The van der Waals surface area contributed by atoms with Crippen LogP contribution in [0.15, 0.2) is 30.5 Å². The van der Waals surface area contributed by atoms with Gasteiger partial charge in [0.05, 0.1) is 36.7 Å². The number of methoxy groups -OCH3 is 1. The number of carbonyl (C=O) groups is 2. The van der Waals surface area contributed by atoms with Gasteiger partial charge in [0.1, 0.15) is 17.3 Å². The van der Waals surface area contributed by atoms with Crippen LogP contribution in [-0.2, 0) is 15.9 Å². The summed E-state index contributed by atoms with van der Waals surface area (Å²) in [6.45, 7) is 3.10. The Morgan fingerprint density at radius 2 is 2.00 bits per heavy atom. The van der Waals surface area contributed by atoms with Crippen molar-refractivity contribution < 1.29 is 27.8 Å². The van der Waals surface area contributed by atoms with Crippen molar-refractivity contribution in [3.63, 3.8) is 0 Å². The summed E-state index contributed by atoms with van der Waals surface area (Å²) in [6.07, 6.45) is 1.81. The molecule has 2 amide bonds. The van der Waals surface area contributed by atoms with Gasteiger partial charge in [-0.25, -0.2) is 18.6 Å². The number of benzene rings is 1. The number of aromatic nitrogens is 2. The van der Waals surface area contributed by atoms with Gasteiger partial charge in [0.15, 0.2) is 0 Å². The molecule has 10 heteroatoms. The van der Waals surface area contributed by atoms with Gasteiger partial charge in [0, 0.05) is 38.4 Å². The number of hydrogen-bond acceptors (Lipinski definition) is 5. The van der Waals surface area contributed by atoms with Crippen molar-refractivity contribution in [1.29, 1.82) is 0 Å². The molecule has 3 heterocycles. The third-order valence-corrected chi connectivity index (χ3v) is 5.85. The maximum absolute atomic E-state index is 15.2. The molecule has 8 nitrogen and oxygen atoms in total. The molecule has 0 bridgehead atoms. The number of nitrogens with zero attached hydrogens (tertiary/aromatic N) is 3. The number of pyridine rings is 1. The highest BCUT2D eigenvalue weighted by Crippen LogP contribution is 2.32. The van der Waals surface area contributed by atoms with Crippen LogP contribution < -0.4 is 5.32 Å². The lowest BCUT2D eigenvalue weighted by molar-refractivity contribution is 0.0514. The van der Waals surface area contributed by atoms with Crippen molar-refractivity contribution in [2.24, 2.45) is 0 Å². The summed E-state index contributed by atoms with van der Waals surface area (Å²) in [4.78, 5) is 30.1. The first-order valence-corrected chi connectivity index (χ1v) is 11.0. The molecule has 1 atom stereocenters. The van der Waals surface area contributed by atoms with Crippen LogP contribution in [-0.4, -0.2) is 66.2 Å². The third kappa shape index (κ3) is 4.58. The van der Waals surface area contributed by atoms with E-state index in [1.807, 2.05) is 19.1 Å². The van der Waals surface area contributed by atoms with Gasteiger partial charge in [-0.15, -0.1) is 0 Å². The number of amides is 2. The Labute approximate surface area is 195 Å². The van der Waals surface area contributed by atoms with Crippen molar-refractivity contribution >= 4 is 17.6 Å². The number of ether oxygens (including phenoxy) is 2. The Hall–Kier alpha value is -3.53. The number of aryl methyl sites for hydroxylation is 1. The van der Waals surface area contributed by atoms with Crippen molar-refractivity contribution in [3.8, 4) is 11.3 Å². The number of rotatable bonds is 4. The number of fused-ring (bicyclic) bond motifs is 1. The predicted octanol–water partition coefficient (Wildman–Crippen LogP) is 3.35. The van der Waals surface area contributed by atoms with E-state index < -0.39 is 29.7 Å². The van der Waals surface area contributed by atoms with E-state index in [-0.39, 0.29) is 29.8 Å². The van der Waals surface area contributed by atoms with E-state index >= 15 is 8.78 Å². The predicted molar refractivity (Wildman–Crippen MR) is 121 cm³/mol. The molecule has 3 aromatic rings. The van der Waals surface area contributed by atoms with Gasteiger partial charge in [0.25, 0.3) is 5.91 Å². The number of hydrogen-bond donors (Lipinski definition) is 1. The van der Waals surface area contributed by atoms with E-state index in [9.17, 15) is 9.59 Å². The number of carbonyl (C=O) groups excluding carboxylic acids is 2. The first-order valence-electron chi connectivity index (χ1n) is 11.0. The maximum Gasteiger partial charge on any atom is 0.409 e. The van der Waals surface area contributed by atoms with Crippen molar-refractivity contribution in [3.05, 3.63) is 58.9 Å². The highest BCUT2D eigenvalue weighted by molar-refractivity contribution is 5.94. The molecule has 0 aliphatic carbocycles. The summed E-state index contributed by atoms with van der Waals surface area (Å²) in [5.41, 5.74) is 1.69.